The topological polar surface area (TPSA) is 391 Å². The molecule has 0 atom stereocenters. The predicted molar refractivity (Wildman–Crippen MR) is 123 cm³/mol. The SMILES string of the molecule is O=C([O-])c1c(O)cc(O)c(OO)c1O.O=C([O-])c1c(O)cc(O)c(OO)c1O.O=C([O-])c1c(O)cc(O)c(OO)c1O.[Al+3]. The van der Waals surface area contributed by atoms with Crippen LogP contribution in [0.25, 0.3) is 0 Å². The van der Waals surface area contributed by atoms with Gasteiger partial charge in [-0.15, -0.1) is 0 Å². The second-order valence-corrected chi connectivity index (χ2v) is 7.04. The van der Waals surface area contributed by atoms with E-state index in [-0.39, 0.29) is 17.4 Å². The second-order valence-electron chi connectivity index (χ2n) is 7.04. The van der Waals surface area contributed by atoms with Gasteiger partial charge in [-0.1, -0.05) is 0 Å². The van der Waals surface area contributed by atoms with Crippen LogP contribution in [0.5, 0.6) is 69.0 Å². The van der Waals surface area contributed by atoms with E-state index >= 15 is 0 Å². The first-order valence-electron chi connectivity index (χ1n) is 9.88. The van der Waals surface area contributed by atoms with Crippen LogP contribution in [-0.4, -0.2) is 97.0 Å². The van der Waals surface area contributed by atoms with Crippen molar-refractivity contribution < 1.29 is 106 Å². The van der Waals surface area contributed by atoms with Crippen molar-refractivity contribution in [3.63, 3.8) is 0 Å². The average molecular weight is 630 g/mol. The van der Waals surface area contributed by atoms with Crippen molar-refractivity contribution >= 4 is 35.3 Å². The summed E-state index contributed by atoms with van der Waals surface area (Å²) < 4.78 is 0. The van der Waals surface area contributed by atoms with Gasteiger partial charge >= 0.3 is 17.4 Å². The molecule has 228 valence electrons. The minimum absolute atomic E-state index is 0. The van der Waals surface area contributed by atoms with Crippen LogP contribution in [0.2, 0.25) is 0 Å². The molecule has 0 spiro atoms. The molecule has 0 aromatic heterocycles. The maximum Gasteiger partial charge on any atom is 3.00 e. The first-order chi connectivity index (χ1) is 19.5. The summed E-state index contributed by atoms with van der Waals surface area (Å²) >= 11 is 0. The quantitative estimate of drug-likeness (QED) is 0.0719. The van der Waals surface area contributed by atoms with Crippen LogP contribution in [0.15, 0.2) is 18.2 Å². The van der Waals surface area contributed by atoms with Gasteiger partial charge in [0.25, 0.3) is 0 Å². The molecule has 0 bridgehead atoms. The Morgan fingerprint density at radius 1 is 0.442 bits per heavy atom. The van der Waals surface area contributed by atoms with E-state index in [1.54, 1.807) is 0 Å². The Balaban J connectivity index is 0.000000608. The van der Waals surface area contributed by atoms with E-state index in [1.807, 2.05) is 0 Å². The van der Waals surface area contributed by atoms with Crippen LogP contribution in [0.3, 0.4) is 0 Å². The molecule has 0 saturated heterocycles. The van der Waals surface area contributed by atoms with Crippen LogP contribution >= 0.6 is 0 Å². The molecular weight excluding hydrogens is 615 g/mol. The predicted octanol–water partition coefficient (Wildman–Crippen LogP) is -3.32. The number of carboxylic acids is 3. The molecular formula is C21H15AlO21. The van der Waals surface area contributed by atoms with Gasteiger partial charge in [0.1, 0.15) is 17.2 Å². The summed E-state index contributed by atoms with van der Waals surface area (Å²) in [5.74, 6) is -16.8. The van der Waals surface area contributed by atoms with Gasteiger partial charge in [0.15, 0.2) is 34.5 Å². The van der Waals surface area contributed by atoms with E-state index < -0.39 is 104 Å². The maximum absolute atomic E-state index is 10.4. The second kappa shape index (κ2) is 15.2. The Labute approximate surface area is 245 Å². The van der Waals surface area contributed by atoms with Crippen molar-refractivity contribution in [1.29, 1.82) is 0 Å². The standard InChI is InChI=1S/3C7H6O7.Al/c3*8-2-1-3(9)6(14-13)5(10)4(2)7(11)12;/h3*1,8-10,13H,(H,11,12);/q;;;+3/p-3. The molecule has 0 aliphatic rings. The number of carbonyl (C=O) groups excluding carboxylic acids is 3. The largest absolute Gasteiger partial charge is 3.00 e. The van der Waals surface area contributed by atoms with E-state index in [1.165, 1.54) is 0 Å². The molecule has 22 heteroatoms. The molecule has 0 amide bonds. The Hall–Kier alpha value is -5.92. The zero-order valence-corrected chi connectivity index (χ0v) is 21.5. The van der Waals surface area contributed by atoms with Gasteiger partial charge in [0.05, 0.1) is 34.6 Å². The molecule has 0 aliphatic carbocycles. The normalized spacial score (nSPS) is 9.56. The van der Waals surface area contributed by atoms with Gasteiger partial charge < -0.3 is 90.3 Å². The molecule has 0 heterocycles. The average Bonchev–Trinajstić information content (AvgIpc) is 2.84. The van der Waals surface area contributed by atoms with Crippen molar-refractivity contribution in [2.24, 2.45) is 0 Å². The molecule has 3 aromatic rings. The fourth-order valence-electron chi connectivity index (χ4n) is 2.74. The molecule has 0 fully saturated rings. The summed E-state index contributed by atoms with van der Waals surface area (Å²) in [6.45, 7) is 0. The van der Waals surface area contributed by atoms with Crippen LogP contribution < -0.4 is 30.0 Å². The van der Waals surface area contributed by atoms with Gasteiger partial charge in [0, 0.05) is 18.2 Å². The molecule has 0 aliphatic heterocycles. The van der Waals surface area contributed by atoms with Gasteiger partial charge in [0.2, 0.25) is 17.2 Å². The fraction of sp³-hybridized carbons (Fsp3) is 0. The zero-order valence-electron chi connectivity index (χ0n) is 20.4. The van der Waals surface area contributed by atoms with E-state index in [4.69, 9.17) is 61.7 Å². The monoisotopic (exact) mass is 630 g/mol. The number of benzene rings is 3. The van der Waals surface area contributed by atoms with Gasteiger partial charge in [-0.05, 0) is 0 Å². The summed E-state index contributed by atoms with van der Waals surface area (Å²) in [5, 5.41) is 137. The first kappa shape index (κ1) is 37.1. The van der Waals surface area contributed by atoms with Crippen LogP contribution in [0.4, 0.5) is 0 Å². The van der Waals surface area contributed by atoms with E-state index in [9.17, 15) is 29.7 Å². The number of hydrogen-bond acceptors (Lipinski definition) is 21. The van der Waals surface area contributed by atoms with Gasteiger partial charge in [-0.25, -0.2) is 15.8 Å². The molecule has 21 nitrogen and oxygen atoms in total. The maximum atomic E-state index is 10.4. The van der Waals surface area contributed by atoms with E-state index in [0.29, 0.717) is 18.2 Å². The summed E-state index contributed by atoms with van der Waals surface area (Å²) in [5.41, 5.74) is -2.94. The Morgan fingerprint density at radius 3 is 0.767 bits per heavy atom. The number of carbonyl (C=O) groups is 3. The zero-order chi connectivity index (χ0) is 32.6. The number of aromatic hydroxyl groups is 9. The van der Waals surface area contributed by atoms with Crippen molar-refractivity contribution in [2.45, 2.75) is 0 Å². The number of phenolic OH excluding ortho intramolecular Hbond substituents is 3. The minimum Gasteiger partial charge on any atom is -0.545 e. The van der Waals surface area contributed by atoms with Crippen molar-refractivity contribution in [3.05, 3.63) is 34.9 Å². The molecule has 0 saturated carbocycles. The number of hydrogen-bond donors (Lipinski definition) is 12. The summed E-state index contributed by atoms with van der Waals surface area (Å²) in [7, 11) is 0. The number of carboxylic acid groups (broad SMARTS) is 3. The van der Waals surface area contributed by atoms with E-state index in [2.05, 4.69) is 14.7 Å². The van der Waals surface area contributed by atoms with E-state index in [0.717, 1.165) is 0 Å². The van der Waals surface area contributed by atoms with Crippen molar-refractivity contribution in [2.75, 3.05) is 0 Å². The third kappa shape index (κ3) is 8.07. The fourth-order valence-corrected chi connectivity index (χ4v) is 2.74. The Morgan fingerprint density at radius 2 is 0.628 bits per heavy atom. The van der Waals surface area contributed by atoms with Crippen LogP contribution in [0.1, 0.15) is 31.1 Å². The van der Waals surface area contributed by atoms with Gasteiger partial charge in [-0.2, -0.15) is 0 Å². The third-order valence-corrected chi connectivity index (χ3v) is 4.53. The first-order valence-corrected chi connectivity index (χ1v) is 9.88. The molecule has 12 N–H and O–H groups in total. The molecule has 43 heavy (non-hydrogen) atoms. The summed E-state index contributed by atoms with van der Waals surface area (Å²) in [4.78, 5) is 41.7. The van der Waals surface area contributed by atoms with Crippen LogP contribution in [-0.2, 0) is 0 Å². The third-order valence-electron chi connectivity index (χ3n) is 4.53. The molecule has 3 aromatic carbocycles. The number of phenols is 9. The summed E-state index contributed by atoms with van der Waals surface area (Å²) in [6.07, 6.45) is 0. The van der Waals surface area contributed by atoms with Crippen molar-refractivity contribution in [3.8, 4) is 69.0 Å². The molecule has 0 unspecified atom stereocenters. The smallest absolute Gasteiger partial charge is 0.545 e. The Bertz CT molecular complexity index is 1340. The van der Waals surface area contributed by atoms with Crippen LogP contribution in [0, 0.1) is 0 Å². The summed E-state index contributed by atoms with van der Waals surface area (Å²) in [6, 6.07) is 1.74. The van der Waals surface area contributed by atoms with Gasteiger partial charge in [-0.3, -0.25) is 0 Å². The van der Waals surface area contributed by atoms with Crippen molar-refractivity contribution in [1.82, 2.24) is 0 Å². The Kier molecular flexibility index (Phi) is 13.1. The molecule has 0 radical (unpaired) electrons. The minimum atomic E-state index is -1.88. The number of rotatable bonds is 6. The molecule has 3 rings (SSSR count). The number of aromatic carboxylic acids is 3.